The van der Waals surface area contributed by atoms with Gasteiger partial charge in [0.05, 0.1) is 36.9 Å². The van der Waals surface area contributed by atoms with Crippen molar-refractivity contribution >= 4 is 11.4 Å². The fourth-order valence-corrected chi connectivity index (χ4v) is 2.30. The molecular formula is C15H14N4O2. The van der Waals surface area contributed by atoms with Crippen LogP contribution in [0.1, 0.15) is 16.1 Å². The molecule has 2 N–H and O–H groups in total. The van der Waals surface area contributed by atoms with Gasteiger partial charge >= 0.3 is 0 Å². The summed E-state index contributed by atoms with van der Waals surface area (Å²) in [7, 11) is 1.58. The summed E-state index contributed by atoms with van der Waals surface area (Å²) >= 11 is 0. The van der Waals surface area contributed by atoms with Crippen molar-refractivity contribution in [1.29, 1.82) is 0 Å². The van der Waals surface area contributed by atoms with Gasteiger partial charge in [0.2, 0.25) is 0 Å². The summed E-state index contributed by atoms with van der Waals surface area (Å²) < 4.78 is 7.28. The van der Waals surface area contributed by atoms with E-state index in [0.29, 0.717) is 16.9 Å². The number of rotatable bonds is 3. The first-order chi connectivity index (χ1) is 10.1. The predicted molar refractivity (Wildman–Crippen MR) is 78.2 cm³/mol. The normalized spacial score (nSPS) is 10.8. The van der Waals surface area contributed by atoms with Crippen LogP contribution < -0.4 is 10.5 Å². The minimum atomic E-state index is -0.520. The van der Waals surface area contributed by atoms with Gasteiger partial charge in [-0.15, -0.1) is 0 Å². The number of hydrogen-bond acceptors (Lipinski definition) is 4. The topological polar surface area (TPSA) is 82.5 Å². The quantitative estimate of drug-likeness (QED) is 0.794. The Labute approximate surface area is 121 Å². The number of methoxy groups -OCH3 is 1. The summed E-state index contributed by atoms with van der Waals surface area (Å²) in [6, 6.07) is 3.73. The molecule has 0 saturated carbocycles. The summed E-state index contributed by atoms with van der Waals surface area (Å²) in [5, 5.41) is 0. The van der Waals surface area contributed by atoms with Crippen LogP contribution in [0.5, 0.6) is 5.75 Å². The number of carbonyl (C=O) groups is 1. The highest BCUT2D eigenvalue weighted by molar-refractivity contribution is 6.00. The third-order valence-electron chi connectivity index (χ3n) is 3.33. The van der Waals surface area contributed by atoms with Gasteiger partial charge in [0.15, 0.2) is 0 Å². The van der Waals surface area contributed by atoms with Crippen LogP contribution in [-0.2, 0) is 0 Å². The Kier molecular flexibility index (Phi) is 3.06. The van der Waals surface area contributed by atoms with Crippen molar-refractivity contribution in [3.8, 4) is 16.9 Å². The van der Waals surface area contributed by atoms with Crippen LogP contribution in [-0.4, -0.2) is 27.4 Å². The first kappa shape index (κ1) is 13.1. The zero-order valence-corrected chi connectivity index (χ0v) is 11.7. The number of hydrogen-bond donors (Lipinski definition) is 1. The Bertz CT molecular complexity index is 839. The molecule has 0 saturated heterocycles. The number of nitrogens with two attached hydrogens (primary N) is 1. The number of imidazole rings is 1. The minimum Gasteiger partial charge on any atom is -0.495 e. The second kappa shape index (κ2) is 4.90. The number of ether oxygens (including phenoxy) is 1. The third kappa shape index (κ3) is 2.20. The van der Waals surface area contributed by atoms with E-state index in [2.05, 4.69) is 9.97 Å². The minimum absolute atomic E-state index is 0.364. The monoisotopic (exact) mass is 282 g/mol. The van der Waals surface area contributed by atoms with E-state index in [9.17, 15) is 4.79 Å². The number of primary amides is 1. The van der Waals surface area contributed by atoms with Crippen LogP contribution in [0, 0.1) is 6.92 Å². The Morgan fingerprint density at radius 2 is 2.10 bits per heavy atom. The van der Waals surface area contributed by atoms with Gasteiger partial charge in [-0.25, -0.2) is 4.98 Å². The number of amides is 1. The highest BCUT2D eigenvalue weighted by atomic mass is 16.5. The number of aryl methyl sites for hydroxylation is 1. The highest BCUT2D eigenvalue weighted by Gasteiger charge is 2.16. The van der Waals surface area contributed by atoms with Crippen LogP contribution in [0.3, 0.4) is 0 Å². The van der Waals surface area contributed by atoms with E-state index < -0.39 is 5.91 Å². The maximum atomic E-state index is 11.6. The molecule has 0 unspecified atom stereocenters. The van der Waals surface area contributed by atoms with Crippen LogP contribution in [0.25, 0.3) is 16.6 Å². The van der Waals surface area contributed by atoms with Gasteiger partial charge in [0, 0.05) is 23.0 Å². The zero-order valence-electron chi connectivity index (χ0n) is 11.7. The van der Waals surface area contributed by atoms with E-state index in [4.69, 9.17) is 10.5 Å². The lowest BCUT2D eigenvalue weighted by atomic mass is 10.00. The summed E-state index contributed by atoms with van der Waals surface area (Å²) in [6.45, 7) is 1.86. The summed E-state index contributed by atoms with van der Waals surface area (Å²) in [4.78, 5) is 19.9. The third-order valence-corrected chi connectivity index (χ3v) is 3.33. The molecule has 0 aromatic carbocycles. The molecule has 0 atom stereocenters. The summed E-state index contributed by atoms with van der Waals surface area (Å²) in [5.74, 6) is 0.113. The Balaban J connectivity index is 2.33. The van der Waals surface area contributed by atoms with Crippen molar-refractivity contribution < 1.29 is 9.53 Å². The van der Waals surface area contributed by atoms with Crippen molar-refractivity contribution in [2.75, 3.05) is 7.11 Å². The lowest BCUT2D eigenvalue weighted by molar-refractivity contribution is 0.100. The van der Waals surface area contributed by atoms with Crippen LogP contribution in [0.4, 0.5) is 0 Å². The van der Waals surface area contributed by atoms with E-state index >= 15 is 0 Å². The molecule has 6 nitrogen and oxygen atoms in total. The molecule has 0 aliphatic carbocycles. The molecule has 21 heavy (non-hydrogen) atoms. The Morgan fingerprint density at radius 1 is 1.29 bits per heavy atom. The SMILES string of the molecule is COc1cn2cncc2cc1-c1cc(C)ncc1C(N)=O. The molecule has 0 aliphatic rings. The molecule has 3 aromatic rings. The van der Waals surface area contributed by atoms with E-state index in [1.165, 1.54) is 6.20 Å². The van der Waals surface area contributed by atoms with Crippen LogP contribution in [0.15, 0.2) is 37.1 Å². The molecule has 0 bridgehead atoms. The van der Waals surface area contributed by atoms with E-state index in [0.717, 1.165) is 16.8 Å². The summed E-state index contributed by atoms with van der Waals surface area (Å²) in [6.07, 6.45) is 6.74. The molecule has 0 fully saturated rings. The fourth-order valence-electron chi connectivity index (χ4n) is 2.30. The van der Waals surface area contributed by atoms with Crippen molar-refractivity contribution in [1.82, 2.24) is 14.4 Å². The lowest BCUT2D eigenvalue weighted by Gasteiger charge is -2.12. The maximum Gasteiger partial charge on any atom is 0.250 e. The van der Waals surface area contributed by atoms with Gasteiger partial charge in [-0.2, -0.15) is 0 Å². The molecular weight excluding hydrogens is 268 g/mol. The highest BCUT2D eigenvalue weighted by Crippen LogP contribution is 2.33. The average Bonchev–Trinajstić information content (AvgIpc) is 2.92. The maximum absolute atomic E-state index is 11.6. The van der Waals surface area contributed by atoms with Crippen molar-refractivity contribution in [2.24, 2.45) is 5.73 Å². The van der Waals surface area contributed by atoms with Gasteiger partial charge in [0.25, 0.3) is 5.91 Å². The fraction of sp³-hybridized carbons (Fsp3) is 0.133. The first-order valence-electron chi connectivity index (χ1n) is 6.36. The molecule has 3 aromatic heterocycles. The second-order valence-electron chi connectivity index (χ2n) is 4.72. The Morgan fingerprint density at radius 3 is 2.81 bits per heavy atom. The van der Waals surface area contributed by atoms with Crippen LogP contribution in [0.2, 0.25) is 0 Å². The number of carbonyl (C=O) groups excluding carboxylic acids is 1. The lowest BCUT2D eigenvalue weighted by Crippen LogP contribution is -2.13. The number of aromatic nitrogens is 3. The summed E-state index contributed by atoms with van der Waals surface area (Å²) in [5.41, 5.74) is 8.99. The van der Waals surface area contributed by atoms with Crippen LogP contribution >= 0.6 is 0 Å². The van der Waals surface area contributed by atoms with Gasteiger partial charge in [-0.3, -0.25) is 9.78 Å². The molecule has 0 radical (unpaired) electrons. The Hall–Kier alpha value is -2.89. The smallest absolute Gasteiger partial charge is 0.250 e. The molecule has 3 rings (SSSR count). The van der Waals surface area contributed by atoms with Gasteiger partial charge in [0.1, 0.15) is 5.75 Å². The van der Waals surface area contributed by atoms with Crippen molar-refractivity contribution in [2.45, 2.75) is 6.92 Å². The molecule has 0 aliphatic heterocycles. The van der Waals surface area contributed by atoms with Gasteiger partial charge in [-0.1, -0.05) is 0 Å². The van der Waals surface area contributed by atoms with Crippen molar-refractivity contribution in [3.05, 3.63) is 48.3 Å². The van der Waals surface area contributed by atoms with Gasteiger partial charge < -0.3 is 14.9 Å². The predicted octanol–water partition coefficient (Wildman–Crippen LogP) is 1.81. The van der Waals surface area contributed by atoms with Crippen molar-refractivity contribution in [3.63, 3.8) is 0 Å². The molecule has 3 heterocycles. The van der Waals surface area contributed by atoms with E-state index in [1.54, 1.807) is 19.6 Å². The van der Waals surface area contributed by atoms with E-state index in [-0.39, 0.29) is 0 Å². The number of fused-ring (bicyclic) bond motifs is 1. The van der Waals surface area contributed by atoms with Gasteiger partial charge in [-0.05, 0) is 19.1 Å². The standard InChI is InChI=1S/C15H14N4O2/c1-9-3-11(13(6-18-9)15(16)20)12-4-10-5-17-8-19(10)7-14(12)21-2/h3-8H,1-2H3,(H2,16,20). The molecule has 106 valence electrons. The molecule has 1 amide bonds. The molecule has 6 heteroatoms. The second-order valence-corrected chi connectivity index (χ2v) is 4.72. The average molecular weight is 282 g/mol. The van der Waals surface area contributed by atoms with E-state index in [1.807, 2.05) is 29.7 Å². The largest absolute Gasteiger partial charge is 0.495 e. The number of nitrogens with zero attached hydrogens (tertiary/aromatic N) is 3. The first-order valence-corrected chi connectivity index (χ1v) is 6.36. The zero-order chi connectivity index (χ0) is 15.0. The molecule has 0 spiro atoms. The number of pyridine rings is 2.